The van der Waals surface area contributed by atoms with Crippen LogP contribution in [-0.2, 0) is 4.74 Å². The van der Waals surface area contributed by atoms with Gasteiger partial charge in [-0.05, 0) is 23.7 Å². The number of rotatable bonds is 2. The van der Waals surface area contributed by atoms with Gasteiger partial charge in [-0.15, -0.1) is 0 Å². The van der Waals surface area contributed by atoms with Crippen LogP contribution in [0.3, 0.4) is 0 Å². The molecule has 1 atom stereocenters. The molecule has 3 heterocycles. The highest BCUT2D eigenvalue weighted by molar-refractivity contribution is 6.33. The maximum atomic E-state index is 6.14. The van der Waals surface area contributed by atoms with Gasteiger partial charge in [0.25, 0.3) is 0 Å². The van der Waals surface area contributed by atoms with Gasteiger partial charge >= 0.3 is 0 Å². The lowest BCUT2D eigenvalue weighted by molar-refractivity contribution is 0.0368. The zero-order chi connectivity index (χ0) is 13.9. The van der Waals surface area contributed by atoms with Crippen LogP contribution in [0.2, 0.25) is 10.3 Å². The van der Waals surface area contributed by atoms with Crippen LogP contribution < -0.4 is 4.90 Å². The monoisotopic (exact) mass is 310 g/mol. The Labute approximate surface area is 126 Å². The van der Waals surface area contributed by atoms with Gasteiger partial charge in [-0.2, -0.15) is 4.98 Å². The zero-order valence-corrected chi connectivity index (χ0v) is 12.1. The SMILES string of the molecule is Clc1ncc(Cl)c(N2CCOC(c3ccccn3)C2)n1. The fourth-order valence-corrected chi connectivity index (χ4v) is 2.49. The van der Waals surface area contributed by atoms with Crippen LogP contribution in [0.15, 0.2) is 30.6 Å². The second kappa shape index (κ2) is 5.91. The Morgan fingerprint density at radius 2 is 2.15 bits per heavy atom. The summed E-state index contributed by atoms with van der Waals surface area (Å²) in [5.74, 6) is 0.635. The lowest BCUT2D eigenvalue weighted by Gasteiger charge is -2.33. The first-order valence-electron chi connectivity index (χ1n) is 6.19. The van der Waals surface area contributed by atoms with E-state index in [0.29, 0.717) is 30.5 Å². The summed E-state index contributed by atoms with van der Waals surface area (Å²) < 4.78 is 5.76. The van der Waals surface area contributed by atoms with E-state index < -0.39 is 0 Å². The third-order valence-corrected chi connectivity index (χ3v) is 3.53. The molecule has 2 aromatic heterocycles. The number of pyridine rings is 1. The second-order valence-corrected chi connectivity index (χ2v) is 5.12. The molecule has 5 nitrogen and oxygen atoms in total. The summed E-state index contributed by atoms with van der Waals surface area (Å²) >= 11 is 12.0. The van der Waals surface area contributed by atoms with Crippen molar-refractivity contribution in [3.05, 3.63) is 46.6 Å². The van der Waals surface area contributed by atoms with E-state index in [1.54, 1.807) is 6.20 Å². The van der Waals surface area contributed by atoms with Gasteiger partial charge in [-0.3, -0.25) is 4.98 Å². The Kier molecular flexibility index (Phi) is 4.00. The molecule has 0 radical (unpaired) electrons. The molecule has 1 fully saturated rings. The fourth-order valence-electron chi connectivity index (χ4n) is 2.15. The van der Waals surface area contributed by atoms with Crippen LogP contribution in [0.1, 0.15) is 11.8 Å². The predicted molar refractivity (Wildman–Crippen MR) is 77.2 cm³/mol. The van der Waals surface area contributed by atoms with Gasteiger partial charge in [-0.25, -0.2) is 4.98 Å². The Hall–Kier alpha value is -1.43. The van der Waals surface area contributed by atoms with Crippen LogP contribution in [-0.4, -0.2) is 34.6 Å². The summed E-state index contributed by atoms with van der Waals surface area (Å²) in [6.45, 7) is 1.92. The summed E-state index contributed by atoms with van der Waals surface area (Å²) in [5, 5.41) is 0.668. The first kappa shape index (κ1) is 13.5. The Morgan fingerprint density at radius 3 is 2.95 bits per heavy atom. The molecule has 1 saturated heterocycles. The van der Waals surface area contributed by atoms with Gasteiger partial charge in [0.15, 0.2) is 5.82 Å². The minimum atomic E-state index is -0.102. The number of nitrogens with zero attached hydrogens (tertiary/aromatic N) is 4. The lowest BCUT2D eigenvalue weighted by atomic mass is 10.2. The topological polar surface area (TPSA) is 51.1 Å². The van der Waals surface area contributed by atoms with Gasteiger partial charge < -0.3 is 9.64 Å². The molecule has 0 aliphatic carbocycles. The first-order valence-corrected chi connectivity index (χ1v) is 6.95. The number of aromatic nitrogens is 3. The van der Waals surface area contributed by atoms with Crippen molar-refractivity contribution in [1.29, 1.82) is 0 Å². The van der Waals surface area contributed by atoms with Crippen molar-refractivity contribution in [1.82, 2.24) is 15.0 Å². The molecule has 0 spiro atoms. The number of hydrogen-bond acceptors (Lipinski definition) is 5. The molecule has 0 saturated carbocycles. The Morgan fingerprint density at radius 1 is 1.25 bits per heavy atom. The molecule has 0 N–H and O–H groups in total. The molecule has 104 valence electrons. The molecule has 1 unspecified atom stereocenters. The van der Waals surface area contributed by atoms with Crippen LogP contribution in [0.25, 0.3) is 0 Å². The van der Waals surface area contributed by atoms with Gasteiger partial charge in [0.05, 0.1) is 25.0 Å². The second-order valence-electron chi connectivity index (χ2n) is 4.37. The standard InChI is InChI=1S/C13H12Cl2N4O/c14-9-7-17-13(15)18-12(9)19-5-6-20-11(8-19)10-3-1-2-4-16-10/h1-4,7,11H,5-6,8H2. The van der Waals surface area contributed by atoms with Crippen LogP contribution in [0, 0.1) is 0 Å². The first-order chi connectivity index (χ1) is 9.74. The zero-order valence-electron chi connectivity index (χ0n) is 10.5. The van der Waals surface area contributed by atoms with Crippen LogP contribution >= 0.6 is 23.2 Å². The van der Waals surface area contributed by atoms with Crippen molar-refractivity contribution < 1.29 is 4.74 Å². The van der Waals surface area contributed by atoms with Crippen molar-refractivity contribution in [2.45, 2.75) is 6.10 Å². The van der Waals surface area contributed by atoms with E-state index in [9.17, 15) is 0 Å². The largest absolute Gasteiger partial charge is 0.368 e. The number of morpholine rings is 1. The summed E-state index contributed by atoms with van der Waals surface area (Å²) in [5.41, 5.74) is 0.897. The number of ether oxygens (including phenoxy) is 1. The van der Waals surface area contributed by atoms with E-state index in [1.807, 2.05) is 23.1 Å². The summed E-state index contributed by atoms with van der Waals surface area (Å²) in [6.07, 6.45) is 3.17. The predicted octanol–water partition coefficient (Wildman–Crippen LogP) is 2.76. The summed E-state index contributed by atoms with van der Waals surface area (Å²) in [6, 6.07) is 5.77. The molecule has 2 aromatic rings. The van der Waals surface area contributed by atoms with E-state index in [2.05, 4.69) is 15.0 Å². The molecular formula is C13H12Cl2N4O. The maximum absolute atomic E-state index is 6.14. The fraction of sp³-hybridized carbons (Fsp3) is 0.308. The lowest BCUT2D eigenvalue weighted by Crippen LogP contribution is -2.39. The van der Waals surface area contributed by atoms with Crippen molar-refractivity contribution in [3.8, 4) is 0 Å². The van der Waals surface area contributed by atoms with Crippen LogP contribution in [0.4, 0.5) is 5.82 Å². The minimum Gasteiger partial charge on any atom is -0.368 e. The van der Waals surface area contributed by atoms with E-state index >= 15 is 0 Å². The third-order valence-electron chi connectivity index (χ3n) is 3.08. The molecule has 7 heteroatoms. The molecular weight excluding hydrogens is 299 g/mol. The third kappa shape index (κ3) is 2.85. The van der Waals surface area contributed by atoms with Gasteiger partial charge in [-0.1, -0.05) is 17.7 Å². The quantitative estimate of drug-likeness (QED) is 0.798. The van der Waals surface area contributed by atoms with Gasteiger partial charge in [0.2, 0.25) is 5.28 Å². The van der Waals surface area contributed by atoms with Gasteiger partial charge in [0, 0.05) is 12.7 Å². The highest BCUT2D eigenvalue weighted by atomic mass is 35.5. The molecule has 0 aromatic carbocycles. The van der Waals surface area contributed by atoms with E-state index in [0.717, 1.165) is 5.69 Å². The average Bonchev–Trinajstić information content (AvgIpc) is 2.51. The molecule has 20 heavy (non-hydrogen) atoms. The Bertz CT molecular complexity index is 596. The normalized spacial score (nSPS) is 19.1. The van der Waals surface area contributed by atoms with E-state index in [-0.39, 0.29) is 11.4 Å². The molecule has 1 aliphatic rings. The summed E-state index contributed by atoms with van der Waals surface area (Å²) in [4.78, 5) is 14.4. The maximum Gasteiger partial charge on any atom is 0.224 e. The van der Waals surface area contributed by atoms with Crippen molar-refractivity contribution in [3.63, 3.8) is 0 Å². The van der Waals surface area contributed by atoms with Crippen molar-refractivity contribution in [2.75, 3.05) is 24.6 Å². The average molecular weight is 311 g/mol. The van der Waals surface area contributed by atoms with Crippen molar-refractivity contribution >= 4 is 29.0 Å². The van der Waals surface area contributed by atoms with E-state index in [4.69, 9.17) is 27.9 Å². The van der Waals surface area contributed by atoms with Crippen LogP contribution in [0.5, 0.6) is 0 Å². The number of halogens is 2. The molecule has 0 amide bonds. The van der Waals surface area contributed by atoms with Gasteiger partial charge in [0.1, 0.15) is 11.1 Å². The number of hydrogen-bond donors (Lipinski definition) is 0. The highest BCUT2D eigenvalue weighted by Crippen LogP contribution is 2.28. The molecule has 1 aliphatic heterocycles. The van der Waals surface area contributed by atoms with E-state index in [1.165, 1.54) is 6.20 Å². The minimum absolute atomic E-state index is 0.102. The van der Waals surface area contributed by atoms with Crippen molar-refractivity contribution in [2.24, 2.45) is 0 Å². The Balaban J connectivity index is 1.83. The highest BCUT2D eigenvalue weighted by Gasteiger charge is 2.25. The number of anilines is 1. The molecule has 0 bridgehead atoms. The summed E-state index contributed by atoms with van der Waals surface area (Å²) in [7, 11) is 0. The smallest absolute Gasteiger partial charge is 0.224 e. The molecule has 3 rings (SSSR count).